The SMILES string of the molecule is CON(C)C(=O)CCCCN1CCOCC1. The first-order chi connectivity index (χ1) is 7.74. The number of hydrogen-bond donors (Lipinski definition) is 0. The fourth-order valence-electron chi connectivity index (χ4n) is 1.70. The molecule has 0 N–H and O–H groups in total. The van der Waals surface area contributed by atoms with Crippen molar-refractivity contribution in [1.29, 1.82) is 0 Å². The minimum atomic E-state index is 0.0458. The Morgan fingerprint density at radius 2 is 2.06 bits per heavy atom. The average molecular weight is 230 g/mol. The smallest absolute Gasteiger partial charge is 0.245 e. The Hall–Kier alpha value is -0.650. The van der Waals surface area contributed by atoms with Gasteiger partial charge in [0.05, 0.1) is 20.3 Å². The number of morpholine rings is 1. The molecule has 1 saturated heterocycles. The Balaban J connectivity index is 2.00. The highest BCUT2D eigenvalue weighted by Gasteiger charge is 2.11. The second kappa shape index (κ2) is 7.60. The molecule has 0 saturated carbocycles. The van der Waals surface area contributed by atoms with Crippen LogP contribution in [0, 0.1) is 0 Å². The van der Waals surface area contributed by atoms with Gasteiger partial charge in [-0.2, -0.15) is 0 Å². The molecule has 0 aromatic heterocycles. The lowest BCUT2D eigenvalue weighted by Crippen LogP contribution is -2.36. The number of carbonyl (C=O) groups is 1. The first-order valence-electron chi connectivity index (χ1n) is 5.85. The maximum absolute atomic E-state index is 11.4. The predicted octanol–water partition coefficient (Wildman–Crippen LogP) is 0.509. The lowest BCUT2D eigenvalue weighted by atomic mass is 10.2. The van der Waals surface area contributed by atoms with E-state index in [-0.39, 0.29) is 5.91 Å². The van der Waals surface area contributed by atoms with E-state index in [1.54, 1.807) is 7.05 Å². The molecule has 1 fully saturated rings. The molecular weight excluding hydrogens is 208 g/mol. The lowest BCUT2D eigenvalue weighted by Gasteiger charge is -2.26. The van der Waals surface area contributed by atoms with Crippen molar-refractivity contribution in [2.24, 2.45) is 0 Å². The van der Waals surface area contributed by atoms with Crippen molar-refractivity contribution < 1.29 is 14.4 Å². The van der Waals surface area contributed by atoms with Crippen molar-refractivity contribution in [1.82, 2.24) is 9.96 Å². The van der Waals surface area contributed by atoms with Crippen molar-refractivity contribution in [3.63, 3.8) is 0 Å². The van der Waals surface area contributed by atoms with Crippen molar-refractivity contribution in [3.05, 3.63) is 0 Å². The minimum absolute atomic E-state index is 0.0458. The third kappa shape index (κ3) is 4.92. The molecule has 1 rings (SSSR count). The van der Waals surface area contributed by atoms with Crippen LogP contribution in [0.3, 0.4) is 0 Å². The van der Waals surface area contributed by atoms with Gasteiger partial charge in [0.1, 0.15) is 0 Å². The summed E-state index contributed by atoms with van der Waals surface area (Å²) in [6, 6.07) is 0. The average Bonchev–Trinajstić information content (AvgIpc) is 2.34. The van der Waals surface area contributed by atoms with Crippen LogP contribution in [0.4, 0.5) is 0 Å². The Morgan fingerprint density at radius 3 is 2.69 bits per heavy atom. The Labute approximate surface area is 97.2 Å². The van der Waals surface area contributed by atoms with Gasteiger partial charge in [-0.25, -0.2) is 5.06 Å². The molecule has 0 aliphatic carbocycles. The predicted molar refractivity (Wildman–Crippen MR) is 60.9 cm³/mol. The van der Waals surface area contributed by atoms with Crippen molar-refractivity contribution >= 4 is 5.91 Å². The van der Waals surface area contributed by atoms with Gasteiger partial charge in [-0.3, -0.25) is 14.5 Å². The zero-order valence-corrected chi connectivity index (χ0v) is 10.3. The van der Waals surface area contributed by atoms with Crippen molar-refractivity contribution in [3.8, 4) is 0 Å². The van der Waals surface area contributed by atoms with E-state index in [2.05, 4.69) is 4.90 Å². The standard InChI is InChI=1S/C11H22N2O3/c1-12(15-2)11(14)5-3-4-6-13-7-9-16-10-8-13/h3-10H2,1-2H3. The third-order valence-electron chi connectivity index (χ3n) is 2.84. The molecule has 94 valence electrons. The Kier molecular flexibility index (Phi) is 6.37. The summed E-state index contributed by atoms with van der Waals surface area (Å²) in [5, 5.41) is 1.29. The number of ether oxygens (including phenoxy) is 1. The van der Waals surface area contributed by atoms with Gasteiger partial charge in [-0.15, -0.1) is 0 Å². The van der Waals surface area contributed by atoms with E-state index in [9.17, 15) is 4.79 Å². The fourth-order valence-corrected chi connectivity index (χ4v) is 1.70. The zero-order chi connectivity index (χ0) is 11.8. The van der Waals surface area contributed by atoms with Gasteiger partial charge in [-0.1, -0.05) is 0 Å². The Bertz CT molecular complexity index is 205. The van der Waals surface area contributed by atoms with E-state index in [4.69, 9.17) is 9.57 Å². The largest absolute Gasteiger partial charge is 0.379 e. The maximum atomic E-state index is 11.4. The van der Waals surface area contributed by atoms with Gasteiger partial charge in [0.2, 0.25) is 5.91 Å². The molecule has 0 radical (unpaired) electrons. The summed E-state index contributed by atoms with van der Waals surface area (Å²) in [5.41, 5.74) is 0. The van der Waals surface area contributed by atoms with Gasteiger partial charge in [-0.05, 0) is 19.4 Å². The molecule has 1 amide bonds. The number of amides is 1. The second-order valence-corrected chi connectivity index (χ2v) is 3.98. The second-order valence-electron chi connectivity index (χ2n) is 3.98. The molecule has 0 unspecified atom stereocenters. The van der Waals surface area contributed by atoms with E-state index >= 15 is 0 Å². The van der Waals surface area contributed by atoms with Crippen molar-refractivity contribution in [2.75, 3.05) is 47.0 Å². The summed E-state index contributed by atoms with van der Waals surface area (Å²) in [6.45, 7) is 4.78. The number of hydroxylamine groups is 2. The third-order valence-corrected chi connectivity index (χ3v) is 2.84. The molecule has 5 heteroatoms. The van der Waals surface area contributed by atoms with E-state index in [0.29, 0.717) is 6.42 Å². The Morgan fingerprint density at radius 1 is 1.38 bits per heavy atom. The molecule has 0 spiro atoms. The topological polar surface area (TPSA) is 42.0 Å². The summed E-state index contributed by atoms with van der Waals surface area (Å²) in [4.78, 5) is 18.6. The van der Waals surface area contributed by atoms with Crippen molar-refractivity contribution in [2.45, 2.75) is 19.3 Å². The number of carbonyl (C=O) groups excluding carboxylic acids is 1. The highest BCUT2D eigenvalue weighted by atomic mass is 16.7. The van der Waals surface area contributed by atoms with Crippen LogP contribution in [0.25, 0.3) is 0 Å². The maximum Gasteiger partial charge on any atom is 0.245 e. The minimum Gasteiger partial charge on any atom is -0.379 e. The van der Waals surface area contributed by atoms with Crippen LogP contribution in [-0.4, -0.2) is 62.9 Å². The van der Waals surface area contributed by atoms with Crippen LogP contribution in [-0.2, 0) is 14.4 Å². The van der Waals surface area contributed by atoms with Gasteiger partial charge >= 0.3 is 0 Å². The molecule has 0 bridgehead atoms. The summed E-state index contributed by atoms with van der Waals surface area (Å²) < 4.78 is 5.27. The van der Waals surface area contributed by atoms with Crippen LogP contribution in [0.15, 0.2) is 0 Å². The van der Waals surface area contributed by atoms with Crippen LogP contribution in [0.1, 0.15) is 19.3 Å². The van der Waals surface area contributed by atoms with E-state index in [1.165, 1.54) is 12.2 Å². The van der Waals surface area contributed by atoms with Crippen LogP contribution in [0.2, 0.25) is 0 Å². The molecule has 0 atom stereocenters. The lowest BCUT2D eigenvalue weighted by molar-refractivity contribution is -0.168. The van der Waals surface area contributed by atoms with Gasteiger partial charge in [0.25, 0.3) is 0 Å². The van der Waals surface area contributed by atoms with E-state index < -0.39 is 0 Å². The quantitative estimate of drug-likeness (QED) is 0.492. The number of hydrogen-bond acceptors (Lipinski definition) is 4. The first kappa shape index (κ1) is 13.4. The summed E-state index contributed by atoms with van der Waals surface area (Å²) in [5.74, 6) is 0.0458. The number of unbranched alkanes of at least 4 members (excludes halogenated alkanes) is 1. The van der Waals surface area contributed by atoms with Gasteiger partial charge in [0, 0.05) is 26.6 Å². The number of nitrogens with zero attached hydrogens (tertiary/aromatic N) is 2. The van der Waals surface area contributed by atoms with Crippen LogP contribution in [0.5, 0.6) is 0 Å². The molecule has 1 aliphatic rings. The fraction of sp³-hybridized carbons (Fsp3) is 0.909. The van der Waals surface area contributed by atoms with Crippen LogP contribution < -0.4 is 0 Å². The summed E-state index contributed by atoms with van der Waals surface area (Å²) >= 11 is 0. The highest BCUT2D eigenvalue weighted by Crippen LogP contribution is 2.03. The molecule has 1 heterocycles. The van der Waals surface area contributed by atoms with Gasteiger partial charge in [0.15, 0.2) is 0 Å². The monoisotopic (exact) mass is 230 g/mol. The number of rotatable bonds is 6. The zero-order valence-electron chi connectivity index (χ0n) is 10.3. The molecule has 16 heavy (non-hydrogen) atoms. The van der Waals surface area contributed by atoms with Gasteiger partial charge < -0.3 is 4.74 Å². The molecule has 0 aromatic rings. The van der Waals surface area contributed by atoms with E-state index in [1.807, 2.05) is 0 Å². The van der Waals surface area contributed by atoms with E-state index in [0.717, 1.165) is 45.7 Å². The molecule has 1 aliphatic heterocycles. The summed E-state index contributed by atoms with van der Waals surface area (Å²) in [6.07, 6.45) is 2.54. The molecular formula is C11H22N2O3. The van der Waals surface area contributed by atoms with Crippen LogP contribution >= 0.6 is 0 Å². The first-order valence-corrected chi connectivity index (χ1v) is 5.85. The normalized spacial score (nSPS) is 17.4. The highest BCUT2D eigenvalue weighted by molar-refractivity contribution is 5.74. The summed E-state index contributed by atoms with van der Waals surface area (Å²) in [7, 11) is 3.15. The molecule has 0 aromatic carbocycles. The molecule has 5 nitrogen and oxygen atoms in total.